The molecular weight excluding hydrogens is 389 g/mol. The van der Waals surface area contributed by atoms with Crippen molar-refractivity contribution in [1.82, 2.24) is 0 Å². The number of nitrogens with one attached hydrogen (secondary N) is 1. The molecule has 2 saturated heterocycles. The van der Waals surface area contributed by atoms with Crippen molar-refractivity contribution in [3.63, 3.8) is 0 Å². The number of piperazine rings is 1. The van der Waals surface area contributed by atoms with Crippen molar-refractivity contribution in [2.75, 3.05) is 50.2 Å². The van der Waals surface area contributed by atoms with E-state index in [1.807, 2.05) is 0 Å². The number of carbonyl (C=O) groups is 2. The van der Waals surface area contributed by atoms with Gasteiger partial charge in [0.2, 0.25) is 5.91 Å². The molecule has 2 aromatic rings. The Kier molecular flexibility index (Phi) is 5.59. The first kappa shape index (κ1) is 20.2. The highest BCUT2D eigenvalue weighted by Crippen LogP contribution is 2.33. The predicted octanol–water partition coefficient (Wildman–Crippen LogP) is 0.880. The summed E-state index contributed by atoms with van der Waals surface area (Å²) < 4.78 is 23.7. The van der Waals surface area contributed by atoms with Gasteiger partial charge in [-0.3, -0.25) is 9.59 Å². The number of hydrogen-bond acceptors (Lipinski definition) is 5. The first-order valence-corrected chi connectivity index (χ1v) is 9.95. The molecule has 1 atom stereocenters. The summed E-state index contributed by atoms with van der Waals surface area (Å²) in [5.41, 5.74) is 1.46. The molecule has 158 valence electrons. The summed E-state index contributed by atoms with van der Waals surface area (Å²) in [6.45, 7) is 2.96. The smallest absolute Gasteiger partial charge is 0.292 e. The van der Waals surface area contributed by atoms with Gasteiger partial charge in [0, 0.05) is 11.8 Å². The van der Waals surface area contributed by atoms with Crippen LogP contribution in [0.2, 0.25) is 0 Å². The van der Waals surface area contributed by atoms with Crippen molar-refractivity contribution < 1.29 is 28.4 Å². The van der Waals surface area contributed by atoms with Crippen molar-refractivity contribution >= 4 is 23.2 Å². The highest BCUT2D eigenvalue weighted by atomic mass is 19.1. The van der Waals surface area contributed by atoms with Gasteiger partial charge in [-0.25, -0.2) is 9.29 Å². The van der Waals surface area contributed by atoms with E-state index in [2.05, 4.69) is 4.90 Å². The normalized spacial score (nSPS) is 20.0. The Labute approximate surface area is 174 Å². The number of halogens is 1. The molecule has 0 radical (unpaired) electrons. The van der Waals surface area contributed by atoms with E-state index in [9.17, 15) is 14.0 Å². The summed E-state index contributed by atoms with van der Waals surface area (Å²) in [7, 11) is 3.05. The number of hydrogen-bond donors (Lipinski definition) is 1. The van der Waals surface area contributed by atoms with Crippen molar-refractivity contribution in [1.29, 1.82) is 0 Å². The SMILES string of the molecule is COc1ccc(N2C(=O)C[C@H]([NH+]3CCN(c4ccc(F)cc4)CC3)C2=O)cc1OC. The lowest BCUT2D eigenvalue weighted by Crippen LogP contribution is -3.19. The molecule has 30 heavy (non-hydrogen) atoms. The van der Waals surface area contributed by atoms with Gasteiger partial charge in [-0.05, 0) is 36.4 Å². The molecule has 2 aliphatic rings. The molecule has 8 heteroatoms. The zero-order chi connectivity index (χ0) is 21.3. The van der Waals surface area contributed by atoms with Gasteiger partial charge in [-0.2, -0.15) is 0 Å². The molecule has 7 nitrogen and oxygen atoms in total. The first-order valence-electron chi connectivity index (χ1n) is 9.95. The number of methoxy groups -OCH3 is 2. The summed E-state index contributed by atoms with van der Waals surface area (Å²) in [5.74, 6) is 0.371. The quantitative estimate of drug-likeness (QED) is 0.736. The van der Waals surface area contributed by atoms with E-state index < -0.39 is 0 Å². The van der Waals surface area contributed by atoms with Crippen molar-refractivity contribution in [2.24, 2.45) is 0 Å². The van der Waals surface area contributed by atoms with Crippen LogP contribution in [0.25, 0.3) is 0 Å². The maximum absolute atomic E-state index is 13.2. The summed E-state index contributed by atoms with van der Waals surface area (Å²) >= 11 is 0. The number of ether oxygens (including phenoxy) is 2. The monoisotopic (exact) mass is 414 g/mol. The van der Waals surface area contributed by atoms with Crippen LogP contribution in [0.15, 0.2) is 42.5 Å². The second kappa shape index (κ2) is 8.31. The minimum atomic E-state index is -0.388. The van der Waals surface area contributed by atoms with Crippen LogP contribution < -0.4 is 24.2 Å². The zero-order valence-corrected chi connectivity index (χ0v) is 17.1. The van der Waals surface area contributed by atoms with Crippen LogP contribution in [0.1, 0.15) is 6.42 Å². The van der Waals surface area contributed by atoms with Crippen LogP contribution in [-0.4, -0.2) is 58.3 Å². The lowest BCUT2D eigenvalue weighted by atomic mass is 10.1. The Balaban J connectivity index is 1.45. The lowest BCUT2D eigenvalue weighted by Gasteiger charge is -2.35. The number of benzene rings is 2. The predicted molar refractivity (Wildman–Crippen MR) is 110 cm³/mol. The fourth-order valence-corrected chi connectivity index (χ4v) is 4.24. The highest BCUT2D eigenvalue weighted by molar-refractivity contribution is 6.22. The molecule has 0 saturated carbocycles. The topological polar surface area (TPSA) is 63.5 Å². The van der Waals surface area contributed by atoms with Gasteiger partial charge in [-0.1, -0.05) is 0 Å². The average molecular weight is 414 g/mol. The number of anilines is 2. The number of nitrogens with zero attached hydrogens (tertiary/aromatic N) is 2. The number of quaternary nitrogens is 1. The molecule has 0 aromatic heterocycles. The second-order valence-electron chi connectivity index (χ2n) is 7.49. The summed E-state index contributed by atoms with van der Waals surface area (Å²) in [6.07, 6.45) is 0.194. The van der Waals surface area contributed by atoms with E-state index in [0.717, 1.165) is 36.8 Å². The summed E-state index contributed by atoms with van der Waals surface area (Å²) in [4.78, 5) is 30.3. The molecule has 2 fully saturated rings. The van der Waals surface area contributed by atoms with Gasteiger partial charge in [0.05, 0.1) is 52.5 Å². The van der Waals surface area contributed by atoms with Crippen molar-refractivity contribution in [3.05, 3.63) is 48.3 Å². The maximum Gasteiger partial charge on any atom is 0.292 e. The fraction of sp³-hybridized carbons (Fsp3) is 0.364. The Bertz CT molecular complexity index is 942. The number of amides is 2. The lowest BCUT2D eigenvalue weighted by molar-refractivity contribution is -0.915. The molecule has 2 amide bonds. The van der Waals surface area contributed by atoms with Crippen LogP contribution in [0.4, 0.5) is 15.8 Å². The Hall–Kier alpha value is -3.13. The van der Waals surface area contributed by atoms with E-state index in [0.29, 0.717) is 17.2 Å². The molecule has 0 spiro atoms. The summed E-state index contributed by atoms with van der Waals surface area (Å²) in [5, 5.41) is 0. The molecule has 0 bridgehead atoms. The number of carbonyl (C=O) groups excluding carboxylic acids is 2. The van der Waals surface area contributed by atoms with Gasteiger partial charge >= 0.3 is 0 Å². The number of rotatable bonds is 5. The standard InChI is InChI=1S/C22H24FN3O4/c1-29-19-8-7-17(13-20(19)30-2)26-21(27)14-18(22(26)28)25-11-9-24(10-12-25)16-5-3-15(23)4-6-16/h3-8,13,18H,9-12,14H2,1-2H3/p+1/t18-/m0/s1. The average Bonchev–Trinajstić information content (AvgIpc) is 3.07. The van der Waals surface area contributed by atoms with E-state index in [1.165, 1.54) is 31.3 Å². The van der Waals surface area contributed by atoms with Crippen molar-refractivity contribution in [3.8, 4) is 11.5 Å². The molecule has 2 heterocycles. The Morgan fingerprint density at radius 2 is 1.57 bits per heavy atom. The molecule has 4 rings (SSSR count). The fourth-order valence-electron chi connectivity index (χ4n) is 4.24. The zero-order valence-electron chi connectivity index (χ0n) is 17.1. The molecule has 0 unspecified atom stereocenters. The third-order valence-electron chi connectivity index (χ3n) is 5.86. The van der Waals surface area contributed by atoms with E-state index >= 15 is 0 Å². The van der Waals surface area contributed by atoms with Gasteiger partial charge in [0.1, 0.15) is 5.82 Å². The maximum atomic E-state index is 13.2. The van der Waals surface area contributed by atoms with E-state index in [-0.39, 0.29) is 30.1 Å². The van der Waals surface area contributed by atoms with Crippen LogP contribution in [0.3, 0.4) is 0 Å². The van der Waals surface area contributed by atoms with Gasteiger partial charge < -0.3 is 19.3 Å². The number of imide groups is 1. The van der Waals surface area contributed by atoms with E-state index in [1.54, 1.807) is 30.3 Å². The molecule has 2 aromatic carbocycles. The van der Waals surface area contributed by atoms with Crippen LogP contribution in [-0.2, 0) is 9.59 Å². The minimum absolute atomic E-state index is 0.183. The minimum Gasteiger partial charge on any atom is -0.493 e. The Morgan fingerprint density at radius 1 is 0.933 bits per heavy atom. The first-order chi connectivity index (χ1) is 14.5. The van der Waals surface area contributed by atoms with Crippen molar-refractivity contribution in [2.45, 2.75) is 12.5 Å². The van der Waals surface area contributed by atoms with E-state index in [4.69, 9.17) is 9.47 Å². The third kappa shape index (κ3) is 3.70. The van der Waals surface area contributed by atoms with Crippen LogP contribution in [0, 0.1) is 5.82 Å². The van der Waals surface area contributed by atoms with Crippen LogP contribution >= 0.6 is 0 Å². The molecule has 1 N–H and O–H groups in total. The van der Waals surface area contributed by atoms with Gasteiger partial charge in [-0.15, -0.1) is 0 Å². The molecule has 0 aliphatic carbocycles. The molecular formula is C22H25FN3O4+. The second-order valence-corrected chi connectivity index (χ2v) is 7.49. The Morgan fingerprint density at radius 3 is 2.20 bits per heavy atom. The third-order valence-corrected chi connectivity index (χ3v) is 5.86. The highest BCUT2D eigenvalue weighted by Gasteiger charge is 2.46. The van der Waals surface area contributed by atoms with Gasteiger partial charge in [0.25, 0.3) is 5.91 Å². The van der Waals surface area contributed by atoms with Gasteiger partial charge in [0.15, 0.2) is 17.5 Å². The summed E-state index contributed by atoms with van der Waals surface area (Å²) in [6, 6.07) is 11.1. The van der Waals surface area contributed by atoms with Crippen LogP contribution in [0.5, 0.6) is 11.5 Å². The largest absolute Gasteiger partial charge is 0.493 e. The molecule has 2 aliphatic heterocycles.